The average molecular weight is 233 g/mol. The van der Waals surface area contributed by atoms with Crippen molar-refractivity contribution >= 4 is 11.7 Å². The van der Waals surface area contributed by atoms with Crippen LogP contribution in [0.15, 0.2) is 18.3 Å². The van der Waals surface area contributed by atoms with Crippen molar-refractivity contribution in [2.24, 2.45) is 0 Å². The van der Waals surface area contributed by atoms with Crippen LogP contribution in [-0.4, -0.2) is 31.2 Å². The van der Waals surface area contributed by atoms with Crippen LogP contribution in [0.4, 0.5) is 5.69 Å². The van der Waals surface area contributed by atoms with Crippen LogP contribution in [0.5, 0.6) is 0 Å². The number of pyridine rings is 1. The SMILES string of the molecule is CCN(CCC(=O)OC)c1cccnc1C#N. The summed E-state index contributed by atoms with van der Waals surface area (Å²) in [7, 11) is 1.36. The highest BCUT2D eigenvalue weighted by Crippen LogP contribution is 2.17. The van der Waals surface area contributed by atoms with Gasteiger partial charge in [0.15, 0.2) is 5.69 Å². The lowest BCUT2D eigenvalue weighted by Crippen LogP contribution is -2.27. The molecule has 0 N–H and O–H groups in total. The van der Waals surface area contributed by atoms with Crippen LogP contribution in [0.1, 0.15) is 19.0 Å². The molecule has 1 heterocycles. The van der Waals surface area contributed by atoms with Crippen LogP contribution in [-0.2, 0) is 9.53 Å². The van der Waals surface area contributed by atoms with E-state index in [9.17, 15) is 4.79 Å². The Balaban J connectivity index is 2.80. The predicted octanol–water partition coefficient (Wildman–Crippen LogP) is 1.34. The smallest absolute Gasteiger partial charge is 0.307 e. The standard InChI is InChI=1S/C12H15N3O2/c1-3-15(8-6-12(16)17-2)11-5-4-7-14-10(11)9-13/h4-5,7H,3,6,8H2,1-2H3. The molecule has 0 aromatic carbocycles. The van der Waals surface area contributed by atoms with Crippen molar-refractivity contribution in [2.45, 2.75) is 13.3 Å². The molecule has 5 heteroatoms. The van der Waals surface area contributed by atoms with Crippen molar-refractivity contribution < 1.29 is 9.53 Å². The van der Waals surface area contributed by atoms with Gasteiger partial charge < -0.3 is 9.64 Å². The van der Waals surface area contributed by atoms with Crippen LogP contribution in [0.2, 0.25) is 0 Å². The van der Waals surface area contributed by atoms with Gasteiger partial charge in [0.1, 0.15) is 6.07 Å². The van der Waals surface area contributed by atoms with Crippen molar-refractivity contribution in [3.63, 3.8) is 0 Å². The third-order valence-corrected chi connectivity index (χ3v) is 2.43. The number of aromatic nitrogens is 1. The van der Waals surface area contributed by atoms with E-state index in [4.69, 9.17) is 5.26 Å². The summed E-state index contributed by atoms with van der Waals surface area (Å²) in [5.41, 5.74) is 1.13. The van der Waals surface area contributed by atoms with Crippen molar-refractivity contribution in [3.8, 4) is 6.07 Å². The molecule has 0 fully saturated rings. The van der Waals surface area contributed by atoms with Crippen molar-refractivity contribution in [2.75, 3.05) is 25.1 Å². The van der Waals surface area contributed by atoms with Crippen molar-refractivity contribution in [1.82, 2.24) is 4.98 Å². The maximum atomic E-state index is 11.1. The maximum absolute atomic E-state index is 11.1. The summed E-state index contributed by atoms with van der Waals surface area (Å²) in [4.78, 5) is 17.0. The van der Waals surface area contributed by atoms with Gasteiger partial charge in [-0.05, 0) is 19.1 Å². The van der Waals surface area contributed by atoms with Gasteiger partial charge in [0.25, 0.3) is 0 Å². The Kier molecular flexibility index (Phi) is 4.95. The molecule has 0 unspecified atom stereocenters. The van der Waals surface area contributed by atoms with Gasteiger partial charge in [0.2, 0.25) is 0 Å². The number of hydrogen-bond donors (Lipinski definition) is 0. The number of anilines is 1. The lowest BCUT2D eigenvalue weighted by atomic mass is 10.2. The van der Waals surface area contributed by atoms with Crippen molar-refractivity contribution in [1.29, 1.82) is 5.26 Å². The summed E-state index contributed by atoms with van der Waals surface area (Å²) in [5.74, 6) is -0.258. The largest absolute Gasteiger partial charge is 0.469 e. The molecule has 0 aliphatic heterocycles. The molecule has 0 saturated heterocycles. The summed E-state index contributed by atoms with van der Waals surface area (Å²) in [6.07, 6.45) is 1.88. The predicted molar refractivity (Wildman–Crippen MR) is 63.5 cm³/mol. The number of methoxy groups -OCH3 is 1. The second-order valence-electron chi connectivity index (χ2n) is 3.39. The van der Waals surface area contributed by atoms with Gasteiger partial charge in [-0.15, -0.1) is 0 Å². The topological polar surface area (TPSA) is 66.2 Å². The number of hydrogen-bond acceptors (Lipinski definition) is 5. The highest BCUT2D eigenvalue weighted by molar-refractivity contribution is 5.70. The van der Waals surface area contributed by atoms with E-state index in [1.807, 2.05) is 24.0 Å². The molecular weight excluding hydrogens is 218 g/mol. The quantitative estimate of drug-likeness (QED) is 0.718. The molecule has 17 heavy (non-hydrogen) atoms. The molecule has 0 amide bonds. The number of ether oxygens (including phenoxy) is 1. The summed E-state index contributed by atoms with van der Waals surface area (Å²) >= 11 is 0. The zero-order chi connectivity index (χ0) is 12.7. The molecule has 1 aromatic heterocycles. The molecule has 0 aliphatic carbocycles. The molecule has 0 atom stereocenters. The summed E-state index contributed by atoms with van der Waals surface area (Å²) < 4.78 is 4.59. The third kappa shape index (κ3) is 3.45. The average Bonchev–Trinajstić information content (AvgIpc) is 2.39. The van der Waals surface area contributed by atoms with Gasteiger partial charge in [-0.1, -0.05) is 0 Å². The van der Waals surface area contributed by atoms with E-state index < -0.39 is 0 Å². The minimum absolute atomic E-state index is 0.258. The normalized spacial score (nSPS) is 9.47. The van der Waals surface area contributed by atoms with Gasteiger partial charge in [-0.2, -0.15) is 5.26 Å². The Morgan fingerprint density at radius 2 is 2.41 bits per heavy atom. The molecule has 0 radical (unpaired) electrons. The lowest BCUT2D eigenvalue weighted by molar-refractivity contribution is -0.140. The first-order chi connectivity index (χ1) is 8.22. The van der Waals surface area contributed by atoms with E-state index in [1.54, 1.807) is 12.3 Å². The Morgan fingerprint density at radius 3 is 3.00 bits per heavy atom. The Hall–Kier alpha value is -2.09. The second-order valence-corrected chi connectivity index (χ2v) is 3.39. The summed E-state index contributed by atoms with van der Waals surface area (Å²) in [6.45, 7) is 3.19. The highest BCUT2D eigenvalue weighted by atomic mass is 16.5. The molecule has 90 valence electrons. The van der Waals surface area contributed by atoms with Crippen LogP contribution in [0.3, 0.4) is 0 Å². The van der Waals surface area contributed by atoms with Crippen molar-refractivity contribution in [3.05, 3.63) is 24.0 Å². The molecule has 0 bridgehead atoms. The van der Waals surface area contributed by atoms with Crippen LogP contribution >= 0.6 is 0 Å². The number of nitriles is 1. The number of carbonyl (C=O) groups excluding carboxylic acids is 1. The third-order valence-electron chi connectivity index (χ3n) is 2.43. The van der Waals surface area contributed by atoms with E-state index in [0.29, 0.717) is 25.2 Å². The van der Waals surface area contributed by atoms with E-state index in [0.717, 1.165) is 5.69 Å². The zero-order valence-corrected chi connectivity index (χ0v) is 10.0. The zero-order valence-electron chi connectivity index (χ0n) is 10.0. The van der Waals surface area contributed by atoms with E-state index in [2.05, 4.69) is 9.72 Å². The first-order valence-electron chi connectivity index (χ1n) is 5.39. The number of esters is 1. The van der Waals surface area contributed by atoms with Gasteiger partial charge >= 0.3 is 5.97 Å². The number of nitrogens with zero attached hydrogens (tertiary/aromatic N) is 3. The first kappa shape index (κ1) is 13.0. The molecule has 0 saturated carbocycles. The van der Waals surface area contributed by atoms with E-state index >= 15 is 0 Å². The summed E-state index contributed by atoms with van der Waals surface area (Å²) in [6, 6.07) is 5.64. The first-order valence-corrected chi connectivity index (χ1v) is 5.39. The molecule has 0 aliphatic rings. The van der Waals surface area contributed by atoms with Crippen LogP contribution in [0.25, 0.3) is 0 Å². The van der Waals surface area contributed by atoms with E-state index in [-0.39, 0.29) is 5.97 Å². The number of carbonyl (C=O) groups is 1. The number of rotatable bonds is 5. The molecule has 0 spiro atoms. The van der Waals surface area contributed by atoms with E-state index in [1.165, 1.54) is 7.11 Å². The highest BCUT2D eigenvalue weighted by Gasteiger charge is 2.11. The molecular formula is C12H15N3O2. The Morgan fingerprint density at radius 1 is 1.65 bits per heavy atom. The monoisotopic (exact) mass is 233 g/mol. The second kappa shape index (κ2) is 6.48. The van der Waals surface area contributed by atoms with Crippen LogP contribution in [0, 0.1) is 11.3 Å². The minimum atomic E-state index is -0.258. The molecule has 1 aromatic rings. The van der Waals surface area contributed by atoms with Gasteiger partial charge in [0.05, 0.1) is 19.2 Å². The minimum Gasteiger partial charge on any atom is -0.469 e. The van der Waals surface area contributed by atoms with Gasteiger partial charge in [-0.25, -0.2) is 4.98 Å². The fourth-order valence-electron chi connectivity index (χ4n) is 1.52. The Bertz CT molecular complexity index is 426. The molecule has 5 nitrogen and oxygen atoms in total. The van der Waals surface area contributed by atoms with Crippen LogP contribution < -0.4 is 4.90 Å². The maximum Gasteiger partial charge on any atom is 0.307 e. The molecule has 1 rings (SSSR count). The summed E-state index contributed by atoms with van der Waals surface area (Å²) in [5, 5.41) is 8.96. The fourth-order valence-corrected chi connectivity index (χ4v) is 1.52. The van der Waals surface area contributed by atoms with Gasteiger partial charge in [0, 0.05) is 19.3 Å². The van der Waals surface area contributed by atoms with Gasteiger partial charge in [-0.3, -0.25) is 4.79 Å². The Labute approximate surface area is 101 Å². The lowest BCUT2D eigenvalue weighted by Gasteiger charge is -2.22. The fraction of sp³-hybridized carbons (Fsp3) is 0.417.